The smallest absolute Gasteiger partial charge is 0.320 e. The van der Waals surface area contributed by atoms with Crippen molar-refractivity contribution < 1.29 is 18.8 Å². The van der Waals surface area contributed by atoms with Gasteiger partial charge >= 0.3 is 5.97 Å². The van der Waals surface area contributed by atoms with Gasteiger partial charge in [0.05, 0.1) is 6.54 Å². The van der Waals surface area contributed by atoms with Crippen molar-refractivity contribution >= 4 is 5.97 Å². The van der Waals surface area contributed by atoms with Crippen LogP contribution >= 0.6 is 0 Å². The third-order valence-corrected chi connectivity index (χ3v) is 5.39. The molecule has 25 heavy (non-hydrogen) atoms. The molecule has 0 bridgehead atoms. The Bertz CT molecular complexity index is 761. The summed E-state index contributed by atoms with van der Waals surface area (Å²) in [4.78, 5) is 18.0. The lowest BCUT2D eigenvalue weighted by atomic mass is 9.85. The fraction of sp³-hybridized carbons (Fsp3) is 0.500. The van der Waals surface area contributed by atoms with Crippen LogP contribution in [0, 0.1) is 11.7 Å². The van der Waals surface area contributed by atoms with Crippen LogP contribution in [0.5, 0.6) is 0 Å². The summed E-state index contributed by atoms with van der Waals surface area (Å²) in [6.45, 7) is 0.340. The van der Waals surface area contributed by atoms with Crippen molar-refractivity contribution in [1.29, 1.82) is 0 Å². The second-order valence-corrected chi connectivity index (χ2v) is 6.89. The number of benzene rings is 1. The molecule has 132 valence electrons. The van der Waals surface area contributed by atoms with E-state index >= 15 is 0 Å². The summed E-state index contributed by atoms with van der Waals surface area (Å²) < 4.78 is 18.4. The summed E-state index contributed by atoms with van der Waals surface area (Å²) in [5, 5.41) is 13.5. The normalized spacial score (nSPS) is 26.5. The zero-order valence-electron chi connectivity index (χ0n) is 13.8. The second-order valence-electron chi connectivity index (χ2n) is 6.89. The van der Waals surface area contributed by atoms with Gasteiger partial charge in [0.1, 0.15) is 11.9 Å². The number of hydrogen-bond acceptors (Lipinski definition) is 5. The van der Waals surface area contributed by atoms with Crippen LogP contribution in [0.4, 0.5) is 4.39 Å². The number of nitrogens with zero attached hydrogens (tertiary/aromatic N) is 3. The van der Waals surface area contributed by atoms with E-state index in [1.165, 1.54) is 18.6 Å². The van der Waals surface area contributed by atoms with Crippen molar-refractivity contribution in [3.8, 4) is 11.4 Å². The fourth-order valence-corrected chi connectivity index (χ4v) is 4.21. The topological polar surface area (TPSA) is 79.5 Å². The average molecular weight is 345 g/mol. The summed E-state index contributed by atoms with van der Waals surface area (Å²) in [6.07, 6.45) is 5.12. The maximum absolute atomic E-state index is 13.0. The largest absolute Gasteiger partial charge is 0.480 e. The third kappa shape index (κ3) is 3.16. The van der Waals surface area contributed by atoms with Gasteiger partial charge in [-0.05, 0) is 49.4 Å². The monoisotopic (exact) mass is 345 g/mol. The molecule has 1 aromatic carbocycles. The van der Waals surface area contributed by atoms with E-state index in [2.05, 4.69) is 10.1 Å². The van der Waals surface area contributed by atoms with Gasteiger partial charge in [-0.15, -0.1) is 0 Å². The highest BCUT2D eigenvalue weighted by atomic mass is 19.1. The van der Waals surface area contributed by atoms with Gasteiger partial charge in [0.2, 0.25) is 11.7 Å². The minimum Gasteiger partial charge on any atom is -0.480 e. The van der Waals surface area contributed by atoms with Crippen LogP contribution < -0.4 is 0 Å². The van der Waals surface area contributed by atoms with Gasteiger partial charge in [0.25, 0.3) is 0 Å². The Hall–Kier alpha value is -2.28. The first-order valence-electron chi connectivity index (χ1n) is 8.69. The van der Waals surface area contributed by atoms with Crippen LogP contribution in [0.1, 0.15) is 38.0 Å². The molecule has 2 fully saturated rings. The van der Waals surface area contributed by atoms with E-state index in [1.54, 1.807) is 12.1 Å². The van der Waals surface area contributed by atoms with Crippen molar-refractivity contribution in [3.63, 3.8) is 0 Å². The number of halogens is 1. The van der Waals surface area contributed by atoms with Crippen molar-refractivity contribution in [2.75, 3.05) is 0 Å². The predicted molar refractivity (Wildman–Crippen MR) is 87.0 cm³/mol. The number of fused-ring (bicyclic) bond motifs is 1. The van der Waals surface area contributed by atoms with Gasteiger partial charge in [0, 0.05) is 11.6 Å². The molecule has 1 aliphatic carbocycles. The zero-order valence-corrected chi connectivity index (χ0v) is 13.8. The number of carboxylic acids is 1. The van der Waals surface area contributed by atoms with Crippen LogP contribution in [0.15, 0.2) is 28.8 Å². The van der Waals surface area contributed by atoms with E-state index in [-0.39, 0.29) is 11.9 Å². The molecule has 2 aliphatic rings. The summed E-state index contributed by atoms with van der Waals surface area (Å²) in [6, 6.07) is 5.66. The highest BCUT2D eigenvalue weighted by Gasteiger charge is 2.45. The average Bonchev–Trinajstić information content (AvgIpc) is 3.21. The van der Waals surface area contributed by atoms with E-state index in [0.717, 1.165) is 19.3 Å². The van der Waals surface area contributed by atoms with Crippen molar-refractivity contribution in [3.05, 3.63) is 36.0 Å². The maximum Gasteiger partial charge on any atom is 0.320 e. The highest BCUT2D eigenvalue weighted by Crippen LogP contribution is 2.40. The summed E-state index contributed by atoms with van der Waals surface area (Å²) in [5.74, 6) is 0.122. The Labute approximate surface area is 144 Å². The number of carboxylic acid groups (broad SMARTS) is 1. The molecule has 2 heterocycles. The van der Waals surface area contributed by atoms with E-state index in [9.17, 15) is 14.3 Å². The molecule has 4 rings (SSSR count). The Kier molecular flexibility index (Phi) is 4.25. The summed E-state index contributed by atoms with van der Waals surface area (Å²) >= 11 is 0. The molecule has 6 nitrogen and oxygen atoms in total. The number of rotatable bonds is 4. The molecule has 1 aliphatic heterocycles. The van der Waals surface area contributed by atoms with E-state index < -0.39 is 12.0 Å². The third-order valence-electron chi connectivity index (χ3n) is 5.39. The quantitative estimate of drug-likeness (QED) is 0.917. The Morgan fingerprint density at radius 2 is 2.04 bits per heavy atom. The summed E-state index contributed by atoms with van der Waals surface area (Å²) in [7, 11) is 0. The Balaban J connectivity index is 1.54. The van der Waals surface area contributed by atoms with E-state index in [0.29, 0.717) is 36.2 Å². The lowest BCUT2D eigenvalue weighted by molar-refractivity contribution is -0.143. The molecule has 1 N–H and O–H groups in total. The maximum atomic E-state index is 13.0. The van der Waals surface area contributed by atoms with Crippen LogP contribution in [0.2, 0.25) is 0 Å². The Morgan fingerprint density at radius 1 is 1.28 bits per heavy atom. The van der Waals surface area contributed by atoms with Crippen LogP contribution in [-0.2, 0) is 11.3 Å². The first-order chi connectivity index (χ1) is 12.1. The lowest BCUT2D eigenvalue weighted by Crippen LogP contribution is -2.41. The predicted octanol–water partition coefficient (Wildman–Crippen LogP) is 3.09. The van der Waals surface area contributed by atoms with Crippen LogP contribution in [0.25, 0.3) is 11.4 Å². The lowest BCUT2D eigenvalue weighted by Gasteiger charge is -2.31. The number of likely N-dealkylation sites (tertiary alicyclic amines) is 1. The van der Waals surface area contributed by atoms with Crippen LogP contribution in [0.3, 0.4) is 0 Å². The molecule has 0 radical (unpaired) electrons. The molecule has 1 saturated carbocycles. The second kappa shape index (κ2) is 6.55. The zero-order chi connectivity index (χ0) is 17.4. The van der Waals surface area contributed by atoms with Gasteiger partial charge in [-0.1, -0.05) is 18.0 Å². The van der Waals surface area contributed by atoms with Gasteiger partial charge in [-0.25, -0.2) is 4.39 Å². The standard InChI is InChI=1S/C18H20FN3O3/c19-13-7-5-11(6-8-13)17-20-16(25-21-17)10-22-14-4-2-1-3-12(14)9-15(22)18(23)24/h5-8,12,14-15H,1-4,9-10H2,(H,23,24)/t12-,14+,15-/m0/s1. The molecule has 1 saturated heterocycles. The van der Waals surface area contributed by atoms with E-state index in [1.807, 2.05) is 4.90 Å². The molecule has 0 unspecified atom stereocenters. The SMILES string of the molecule is O=C(O)[C@@H]1C[C@@H]2CCCC[C@H]2N1Cc1nc(-c2ccc(F)cc2)no1. The number of aromatic nitrogens is 2. The molecule has 2 aromatic rings. The van der Waals surface area contributed by atoms with Gasteiger partial charge < -0.3 is 9.63 Å². The number of hydrogen-bond donors (Lipinski definition) is 1. The highest BCUT2D eigenvalue weighted by molar-refractivity contribution is 5.74. The van der Waals surface area contributed by atoms with Gasteiger partial charge in [0.15, 0.2) is 0 Å². The van der Waals surface area contributed by atoms with Crippen molar-refractivity contribution in [1.82, 2.24) is 15.0 Å². The number of aliphatic carboxylic acids is 1. The molecule has 3 atom stereocenters. The first kappa shape index (κ1) is 16.2. The fourth-order valence-electron chi connectivity index (χ4n) is 4.21. The molecular weight excluding hydrogens is 325 g/mol. The minimum absolute atomic E-state index is 0.274. The first-order valence-corrected chi connectivity index (χ1v) is 8.69. The van der Waals surface area contributed by atoms with E-state index in [4.69, 9.17) is 4.52 Å². The molecular formula is C18H20FN3O3. The van der Waals surface area contributed by atoms with Crippen LogP contribution in [-0.4, -0.2) is 38.2 Å². The molecule has 1 aromatic heterocycles. The minimum atomic E-state index is -0.785. The summed E-state index contributed by atoms with van der Waals surface area (Å²) in [5.41, 5.74) is 0.670. The van der Waals surface area contributed by atoms with Crippen molar-refractivity contribution in [2.24, 2.45) is 5.92 Å². The molecule has 0 amide bonds. The molecule has 7 heteroatoms. The van der Waals surface area contributed by atoms with Crippen molar-refractivity contribution in [2.45, 2.75) is 50.7 Å². The van der Waals surface area contributed by atoms with Gasteiger partial charge in [-0.2, -0.15) is 4.98 Å². The van der Waals surface area contributed by atoms with Gasteiger partial charge in [-0.3, -0.25) is 9.69 Å². The Morgan fingerprint density at radius 3 is 2.80 bits per heavy atom. The molecule has 0 spiro atoms. The number of carbonyl (C=O) groups is 1.